The Kier molecular flexibility index (Phi) is 3.96. The van der Waals surface area contributed by atoms with E-state index < -0.39 is 0 Å². The number of hydrogen-bond acceptors (Lipinski definition) is 4. The zero-order valence-corrected chi connectivity index (χ0v) is 10.1. The molecule has 1 N–H and O–H groups in total. The normalized spacial score (nSPS) is 10.1. The van der Waals surface area contributed by atoms with Gasteiger partial charge in [0.15, 0.2) is 6.61 Å². The number of para-hydroxylation sites is 1. The topological polar surface area (TPSA) is 64.2 Å². The number of hydrogen-bond donors (Lipinski definition) is 1. The maximum absolute atomic E-state index is 11.2. The molecule has 0 aliphatic heterocycles. The van der Waals surface area contributed by atoms with E-state index in [2.05, 4.69) is 10.2 Å². The Balaban J connectivity index is 2.11. The van der Waals surface area contributed by atoms with Crippen LogP contribution in [-0.2, 0) is 9.53 Å². The van der Waals surface area contributed by atoms with Gasteiger partial charge in [0.25, 0.3) is 0 Å². The molecule has 0 atom stereocenters. The molecule has 0 saturated carbocycles. The molecule has 0 fully saturated rings. The van der Waals surface area contributed by atoms with E-state index in [0.717, 1.165) is 11.3 Å². The molecule has 1 aromatic carbocycles. The maximum atomic E-state index is 11.2. The van der Waals surface area contributed by atoms with Crippen LogP contribution in [0.1, 0.15) is 6.92 Å². The number of esters is 1. The van der Waals surface area contributed by atoms with Crippen molar-refractivity contribution in [1.82, 2.24) is 10.2 Å². The number of carbonyl (C=O) groups is 1. The lowest BCUT2D eigenvalue weighted by Crippen LogP contribution is -2.14. The highest BCUT2D eigenvalue weighted by atomic mass is 16.6. The third-order valence-electron chi connectivity index (χ3n) is 2.31. The predicted octanol–water partition coefficient (Wildman–Crippen LogP) is 2.02. The first kappa shape index (κ1) is 12.2. The first-order valence-electron chi connectivity index (χ1n) is 5.69. The third-order valence-corrected chi connectivity index (χ3v) is 2.31. The zero-order chi connectivity index (χ0) is 12.8. The van der Waals surface area contributed by atoms with Crippen molar-refractivity contribution in [3.8, 4) is 17.0 Å². The van der Waals surface area contributed by atoms with Gasteiger partial charge >= 0.3 is 5.97 Å². The van der Waals surface area contributed by atoms with Crippen molar-refractivity contribution in [3.05, 3.63) is 36.5 Å². The van der Waals surface area contributed by atoms with E-state index in [1.165, 1.54) is 0 Å². The highest BCUT2D eigenvalue weighted by Crippen LogP contribution is 2.27. The largest absolute Gasteiger partial charge is 0.481 e. The fourth-order valence-electron chi connectivity index (χ4n) is 1.55. The van der Waals surface area contributed by atoms with E-state index >= 15 is 0 Å². The summed E-state index contributed by atoms with van der Waals surface area (Å²) in [7, 11) is 0. The van der Waals surface area contributed by atoms with Crippen LogP contribution < -0.4 is 4.74 Å². The second-order valence-corrected chi connectivity index (χ2v) is 3.55. The number of carbonyl (C=O) groups excluding carboxylic acids is 1. The molecule has 0 bridgehead atoms. The number of aromatic nitrogens is 2. The summed E-state index contributed by atoms with van der Waals surface area (Å²) in [6.45, 7) is 2.01. The van der Waals surface area contributed by atoms with E-state index in [-0.39, 0.29) is 12.6 Å². The number of nitrogens with one attached hydrogen (secondary N) is 1. The van der Waals surface area contributed by atoms with Crippen molar-refractivity contribution < 1.29 is 14.3 Å². The minimum Gasteiger partial charge on any atom is -0.481 e. The highest BCUT2D eigenvalue weighted by Gasteiger charge is 2.09. The molecule has 0 aliphatic carbocycles. The highest BCUT2D eigenvalue weighted by molar-refractivity contribution is 5.72. The maximum Gasteiger partial charge on any atom is 0.344 e. The first-order chi connectivity index (χ1) is 8.81. The van der Waals surface area contributed by atoms with E-state index in [4.69, 9.17) is 9.47 Å². The summed E-state index contributed by atoms with van der Waals surface area (Å²) in [5.41, 5.74) is 1.61. The fraction of sp³-hybridized carbons (Fsp3) is 0.231. The Morgan fingerprint density at radius 1 is 1.33 bits per heavy atom. The minimum atomic E-state index is -0.380. The van der Waals surface area contributed by atoms with Crippen LogP contribution in [0.15, 0.2) is 36.5 Å². The average molecular weight is 246 g/mol. The molecule has 0 spiro atoms. The average Bonchev–Trinajstić information content (AvgIpc) is 2.91. The van der Waals surface area contributed by atoms with Crippen LogP contribution in [0.3, 0.4) is 0 Å². The lowest BCUT2D eigenvalue weighted by molar-refractivity contribution is -0.145. The van der Waals surface area contributed by atoms with Crippen LogP contribution in [0.25, 0.3) is 11.3 Å². The number of benzene rings is 1. The van der Waals surface area contributed by atoms with Gasteiger partial charge in [-0.3, -0.25) is 5.10 Å². The summed E-state index contributed by atoms with van der Waals surface area (Å²) in [4.78, 5) is 11.2. The van der Waals surface area contributed by atoms with Gasteiger partial charge in [-0.2, -0.15) is 5.10 Å². The molecule has 0 unspecified atom stereocenters. The lowest BCUT2D eigenvalue weighted by atomic mass is 10.1. The second-order valence-electron chi connectivity index (χ2n) is 3.55. The molecule has 0 saturated heterocycles. The quantitative estimate of drug-likeness (QED) is 0.820. The molecule has 2 aromatic rings. The van der Waals surface area contributed by atoms with Gasteiger partial charge in [-0.15, -0.1) is 0 Å². The van der Waals surface area contributed by atoms with E-state index in [1.807, 2.05) is 24.3 Å². The molecule has 5 heteroatoms. The predicted molar refractivity (Wildman–Crippen MR) is 66.2 cm³/mol. The third kappa shape index (κ3) is 2.88. The van der Waals surface area contributed by atoms with Gasteiger partial charge in [0, 0.05) is 11.8 Å². The summed E-state index contributed by atoms with van der Waals surface area (Å²) in [6, 6.07) is 9.25. The molecule has 0 radical (unpaired) electrons. The molecule has 1 heterocycles. The Labute approximate surface area is 105 Å². The SMILES string of the molecule is CCOC(=O)COc1ccccc1-c1cc[nH]n1. The van der Waals surface area contributed by atoms with Crippen molar-refractivity contribution >= 4 is 5.97 Å². The number of ether oxygens (including phenoxy) is 2. The van der Waals surface area contributed by atoms with Crippen molar-refractivity contribution in [2.45, 2.75) is 6.92 Å². The summed E-state index contributed by atoms with van der Waals surface area (Å²) in [5, 5.41) is 6.83. The van der Waals surface area contributed by atoms with Crippen molar-refractivity contribution in [3.63, 3.8) is 0 Å². The Morgan fingerprint density at radius 2 is 2.17 bits per heavy atom. The molecule has 0 aliphatic rings. The van der Waals surface area contributed by atoms with Crippen molar-refractivity contribution in [1.29, 1.82) is 0 Å². The van der Waals surface area contributed by atoms with E-state index in [0.29, 0.717) is 12.4 Å². The fourth-order valence-corrected chi connectivity index (χ4v) is 1.55. The monoisotopic (exact) mass is 246 g/mol. The van der Waals surface area contributed by atoms with Gasteiger partial charge in [-0.25, -0.2) is 4.79 Å². The zero-order valence-electron chi connectivity index (χ0n) is 10.1. The molecule has 18 heavy (non-hydrogen) atoms. The summed E-state index contributed by atoms with van der Waals surface area (Å²) in [6.07, 6.45) is 1.73. The number of aromatic amines is 1. The number of nitrogens with zero attached hydrogens (tertiary/aromatic N) is 1. The standard InChI is InChI=1S/C13H14N2O3/c1-2-17-13(16)9-18-12-6-4-3-5-10(12)11-7-8-14-15-11/h3-8H,2,9H2,1H3,(H,14,15). The molecule has 5 nitrogen and oxygen atoms in total. The molecule has 94 valence electrons. The van der Waals surface area contributed by atoms with Crippen LogP contribution >= 0.6 is 0 Å². The van der Waals surface area contributed by atoms with Crippen LogP contribution in [0.4, 0.5) is 0 Å². The van der Waals surface area contributed by atoms with Gasteiger partial charge in [0.1, 0.15) is 5.75 Å². The summed E-state index contributed by atoms with van der Waals surface area (Å²) in [5.74, 6) is 0.229. The number of rotatable bonds is 5. The number of H-pyrrole nitrogens is 1. The molecule has 1 aromatic heterocycles. The first-order valence-corrected chi connectivity index (χ1v) is 5.69. The summed E-state index contributed by atoms with van der Waals surface area (Å²) < 4.78 is 10.3. The molecular formula is C13H14N2O3. The van der Waals surface area contributed by atoms with Crippen molar-refractivity contribution in [2.75, 3.05) is 13.2 Å². The molecule has 2 rings (SSSR count). The van der Waals surface area contributed by atoms with Gasteiger partial charge in [0.2, 0.25) is 0 Å². The van der Waals surface area contributed by atoms with Crippen LogP contribution in [-0.4, -0.2) is 29.4 Å². The van der Waals surface area contributed by atoms with Crippen LogP contribution in [0, 0.1) is 0 Å². The van der Waals surface area contributed by atoms with Gasteiger partial charge < -0.3 is 9.47 Å². The Hall–Kier alpha value is -2.30. The van der Waals surface area contributed by atoms with Gasteiger partial charge in [-0.05, 0) is 25.1 Å². The smallest absolute Gasteiger partial charge is 0.344 e. The lowest BCUT2D eigenvalue weighted by Gasteiger charge is -2.09. The molecule has 0 amide bonds. The van der Waals surface area contributed by atoms with Crippen LogP contribution in [0.2, 0.25) is 0 Å². The Bertz CT molecular complexity index is 509. The van der Waals surface area contributed by atoms with Crippen LogP contribution in [0.5, 0.6) is 5.75 Å². The van der Waals surface area contributed by atoms with E-state index in [1.54, 1.807) is 19.2 Å². The van der Waals surface area contributed by atoms with Crippen molar-refractivity contribution in [2.24, 2.45) is 0 Å². The second kappa shape index (κ2) is 5.86. The minimum absolute atomic E-state index is 0.102. The Morgan fingerprint density at radius 3 is 2.89 bits per heavy atom. The van der Waals surface area contributed by atoms with Gasteiger partial charge in [-0.1, -0.05) is 12.1 Å². The molecular weight excluding hydrogens is 232 g/mol. The van der Waals surface area contributed by atoms with E-state index in [9.17, 15) is 4.79 Å². The summed E-state index contributed by atoms with van der Waals surface area (Å²) >= 11 is 0. The van der Waals surface area contributed by atoms with Gasteiger partial charge in [0.05, 0.1) is 12.3 Å².